The molecule has 6 nitrogen and oxygen atoms in total. The van der Waals surface area contributed by atoms with Crippen LogP contribution in [0.2, 0.25) is 0 Å². The Labute approximate surface area is 109 Å². The van der Waals surface area contributed by atoms with Gasteiger partial charge in [0.2, 0.25) is 0 Å². The Balaban J connectivity index is 2.33. The first-order valence-corrected chi connectivity index (χ1v) is 5.80. The molecule has 1 fully saturated rings. The van der Waals surface area contributed by atoms with Gasteiger partial charge in [-0.2, -0.15) is 0 Å². The molecule has 1 amide bonds. The lowest BCUT2D eigenvalue weighted by Gasteiger charge is -2.32. The summed E-state index contributed by atoms with van der Waals surface area (Å²) in [5.74, 6) is -1.17. The first-order chi connectivity index (χ1) is 9.00. The monoisotopic (exact) mass is 263 g/mol. The van der Waals surface area contributed by atoms with Gasteiger partial charge in [0.15, 0.2) is 5.78 Å². The van der Waals surface area contributed by atoms with E-state index in [1.54, 1.807) is 24.3 Å². The van der Waals surface area contributed by atoms with E-state index in [9.17, 15) is 14.4 Å². The third-order valence-electron chi connectivity index (χ3n) is 2.96. The van der Waals surface area contributed by atoms with Crippen molar-refractivity contribution >= 4 is 23.5 Å². The third-order valence-corrected chi connectivity index (χ3v) is 2.96. The van der Waals surface area contributed by atoms with E-state index in [0.29, 0.717) is 11.3 Å². The fraction of sp³-hybridized carbons (Fsp3) is 0.308. The van der Waals surface area contributed by atoms with Gasteiger partial charge in [-0.3, -0.25) is 9.69 Å². The molecule has 19 heavy (non-hydrogen) atoms. The fourth-order valence-corrected chi connectivity index (χ4v) is 1.96. The summed E-state index contributed by atoms with van der Waals surface area (Å²) in [6.45, 7) is 1.53. The standard InChI is InChI=1S/C13H13NO5/c1-8(15)9-2-4-10(5-3-9)14-11(12(16)17)6-7-19-13(14)18/h2-5,11H,6-7H2,1H3,(H,16,17). The number of nitrogens with zero attached hydrogens (tertiary/aromatic N) is 1. The fourth-order valence-electron chi connectivity index (χ4n) is 1.96. The smallest absolute Gasteiger partial charge is 0.415 e. The summed E-state index contributed by atoms with van der Waals surface area (Å²) in [5.41, 5.74) is 0.906. The molecule has 1 N–H and O–H groups in total. The molecule has 6 heteroatoms. The van der Waals surface area contributed by atoms with Crippen LogP contribution in [0.25, 0.3) is 0 Å². The number of carboxylic acid groups (broad SMARTS) is 1. The topological polar surface area (TPSA) is 83.9 Å². The number of ketones is 1. The van der Waals surface area contributed by atoms with E-state index in [1.165, 1.54) is 6.92 Å². The minimum Gasteiger partial charge on any atom is -0.480 e. The number of rotatable bonds is 3. The lowest BCUT2D eigenvalue weighted by Crippen LogP contribution is -2.50. The SMILES string of the molecule is CC(=O)c1ccc(N2C(=O)OCCC2C(=O)O)cc1. The zero-order valence-corrected chi connectivity index (χ0v) is 10.3. The van der Waals surface area contributed by atoms with Gasteiger partial charge in [-0.05, 0) is 31.2 Å². The molecule has 0 aliphatic carbocycles. The van der Waals surface area contributed by atoms with Crippen molar-refractivity contribution in [2.45, 2.75) is 19.4 Å². The van der Waals surface area contributed by atoms with Crippen molar-refractivity contribution in [2.24, 2.45) is 0 Å². The highest BCUT2D eigenvalue weighted by Crippen LogP contribution is 2.24. The van der Waals surface area contributed by atoms with Gasteiger partial charge in [0.05, 0.1) is 6.61 Å². The number of hydrogen-bond donors (Lipinski definition) is 1. The molecule has 100 valence electrons. The average Bonchev–Trinajstić information content (AvgIpc) is 2.38. The van der Waals surface area contributed by atoms with E-state index in [-0.39, 0.29) is 18.8 Å². The molecule has 0 radical (unpaired) electrons. The lowest BCUT2D eigenvalue weighted by molar-refractivity contribution is -0.139. The van der Waals surface area contributed by atoms with Gasteiger partial charge in [-0.15, -0.1) is 0 Å². The molecule has 0 bridgehead atoms. The second-order valence-corrected chi connectivity index (χ2v) is 4.23. The first-order valence-electron chi connectivity index (χ1n) is 5.80. The zero-order chi connectivity index (χ0) is 14.0. The summed E-state index contributed by atoms with van der Waals surface area (Å²) in [6, 6.07) is 5.25. The van der Waals surface area contributed by atoms with Crippen molar-refractivity contribution in [1.82, 2.24) is 0 Å². The van der Waals surface area contributed by atoms with Crippen LogP contribution < -0.4 is 4.90 Å². The lowest BCUT2D eigenvalue weighted by atomic mass is 10.1. The molecule has 1 atom stereocenters. The summed E-state index contributed by atoms with van der Waals surface area (Å²) >= 11 is 0. The summed E-state index contributed by atoms with van der Waals surface area (Å²) in [6.07, 6.45) is -0.454. The Morgan fingerprint density at radius 2 is 1.95 bits per heavy atom. The molecular formula is C13H13NO5. The highest BCUT2D eigenvalue weighted by Gasteiger charge is 2.35. The second-order valence-electron chi connectivity index (χ2n) is 4.23. The molecule has 0 saturated carbocycles. The van der Waals surface area contributed by atoms with E-state index < -0.39 is 18.1 Å². The van der Waals surface area contributed by atoms with Gasteiger partial charge < -0.3 is 9.84 Å². The van der Waals surface area contributed by atoms with Gasteiger partial charge in [-0.25, -0.2) is 9.59 Å². The van der Waals surface area contributed by atoms with Crippen molar-refractivity contribution in [2.75, 3.05) is 11.5 Å². The van der Waals surface area contributed by atoms with Crippen molar-refractivity contribution < 1.29 is 24.2 Å². The largest absolute Gasteiger partial charge is 0.480 e. The predicted octanol–water partition coefficient (Wildman–Crippen LogP) is 1.69. The van der Waals surface area contributed by atoms with Gasteiger partial charge in [0.25, 0.3) is 0 Å². The van der Waals surface area contributed by atoms with Crippen LogP contribution in [-0.4, -0.2) is 35.6 Å². The maximum Gasteiger partial charge on any atom is 0.415 e. The van der Waals surface area contributed by atoms with Gasteiger partial charge >= 0.3 is 12.1 Å². The second kappa shape index (κ2) is 5.09. The number of anilines is 1. The van der Waals surface area contributed by atoms with Crippen molar-refractivity contribution in [1.29, 1.82) is 0 Å². The molecule has 1 aromatic carbocycles. The molecule has 1 aliphatic heterocycles. The number of cyclic esters (lactones) is 1. The van der Waals surface area contributed by atoms with Gasteiger partial charge in [0.1, 0.15) is 6.04 Å². The van der Waals surface area contributed by atoms with E-state index in [2.05, 4.69) is 0 Å². The summed E-state index contributed by atoms with van der Waals surface area (Å²) in [4.78, 5) is 35.1. The van der Waals surface area contributed by atoms with E-state index in [0.717, 1.165) is 4.90 Å². The van der Waals surface area contributed by atoms with Crippen LogP contribution in [0.4, 0.5) is 10.5 Å². The number of carbonyl (C=O) groups excluding carboxylic acids is 2. The summed E-state index contributed by atoms with van der Waals surface area (Å²) in [5, 5.41) is 9.13. The molecule has 1 unspecified atom stereocenters. The highest BCUT2D eigenvalue weighted by molar-refractivity contribution is 5.98. The van der Waals surface area contributed by atoms with Crippen LogP contribution >= 0.6 is 0 Å². The van der Waals surface area contributed by atoms with E-state index in [4.69, 9.17) is 9.84 Å². The number of amides is 1. The Kier molecular flexibility index (Phi) is 3.50. The summed E-state index contributed by atoms with van der Waals surface area (Å²) < 4.78 is 4.86. The number of carboxylic acids is 1. The Morgan fingerprint density at radius 1 is 1.32 bits per heavy atom. The minimum absolute atomic E-state index is 0.0949. The predicted molar refractivity (Wildman–Crippen MR) is 66.3 cm³/mol. The quantitative estimate of drug-likeness (QED) is 0.839. The Bertz CT molecular complexity index is 522. The maximum absolute atomic E-state index is 11.7. The Hall–Kier alpha value is -2.37. The number of Topliss-reactive ketones (excluding diaryl/α,β-unsaturated/α-hetero) is 1. The maximum atomic E-state index is 11.7. The summed E-state index contributed by atoms with van der Waals surface area (Å²) in [7, 11) is 0. The number of benzene rings is 1. The zero-order valence-electron chi connectivity index (χ0n) is 10.3. The van der Waals surface area contributed by atoms with Crippen molar-refractivity contribution in [3.05, 3.63) is 29.8 Å². The molecule has 1 aliphatic rings. The number of ether oxygens (including phenoxy) is 1. The van der Waals surface area contributed by atoms with Gasteiger partial charge in [0, 0.05) is 17.7 Å². The molecule has 1 saturated heterocycles. The van der Waals surface area contributed by atoms with Crippen molar-refractivity contribution in [3.63, 3.8) is 0 Å². The third kappa shape index (κ3) is 2.57. The van der Waals surface area contributed by atoms with Crippen LogP contribution in [0.1, 0.15) is 23.7 Å². The van der Waals surface area contributed by atoms with Crippen molar-refractivity contribution in [3.8, 4) is 0 Å². The van der Waals surface area contributed by atoms with Crippen LogP contribution in [0.3, 0.4) is 0 Å². The highest BCUT2D eigenvalue weighted by atomic mass is 16.6. The van der Waals surface area contributed by atoms with Crippen LogP contribution in [0.5, 0.6) is 0 Å². The van der Waals surface area contributed by atoms with Crippen LogP contribution in [-0.2, 0) is 9.53 Å². The first kappa shape index (κ1) is 13.1. The minimum atomic E-state index is -1.08. The van der Waals surface area contributed by atoms with Crippen LogP contribution in [0, 0.1) is 0 Å². The number of carbonyl (C=O) groups is 3. The van der Waals surface area contributed by atoms with Gasteiger partial charge in [-0.1, -0.05) is 0 Å². The number of aliphatic carboxylic acids is 1. The Morgan fingerprint density at radius 3 is 2.47 bits per heavy atom. The van der Waals surface area contributed by atoms with E-state index in [1.807, 2.05) is 0 Å². The molecule has 0 spiro atoms. The molecule has 0 aromatic heterocycles. The molecule has 2 rings (SSSR count). The average molecular weight is 263 g/mol. The molecular weight excluding hydrogens is 250 g/mol. The molecule has 1 heterocycles. The van der Waals surface area contributed by atoms with Crippen LogP contribution in [0.15, 0.2) is 24.3 Å². The normalized spacial score (nSPS) is 18.9. The van der Waals surface area contributed by atoms with E-state index >= 15 is 0 Å². The molecule has 1 aromatic rings. The number of hydrogen-bond acceptors (Lipinski definition) is 4.